The molecule has 0 bridgehead atoms. The van der Waals surface area contributed by atoms with E-state index in [1.54, 1.807) is 18.2 Å². The van der Waals surface area contributed by atoms with Crippen molar-refractivity contribution in [1.82, 2.24) is 5.32 Å². The molecule has 2 rings (SSSR count). The summed E-state index contributed by atoms with van der Waals surface area (Å²) >= 11 is 3.46. The molecule has 0 heterocycles. The molecule has 114 valence electrons. The van der Waals surface area contributed by atoms with Crippen LogP contribution in [0.4, 0.5) is 0 Å². The Morgan fingerprint density at radius 1 is 1.27 bits per heavy atom. The summed E-state index contributed by atoms with van der Waals surface area (Å²) in [5.41, 5.74) is 2.19. The molecule has 0 aromatic heterocycles. The van der Waals surface area contributed by atoms with Crippen molar-refractivity contribution in [2.45, 2.75) is 19.9 Å². The Labute approximate surface area is 138 Å². The fourth-order valence-electron chi connectivity index (χ4n) is 1.99. The lowest BCUT2D eigenvalue weighted by atomic mass is 10.1. The number of phenolic OH excluding ortho intramolecular Hbond substituents is 1. The molecule has 1 amide bonds. The molecule has 0 fully saturated rings. The van der Waals surface area contributed by atoms with E-state index in [2.05, 4.69) is 21.2 Å². The van der Waals surface area contributed by atoms with Crippen molar-refractivity contribution in [2.24, 2.45) is 0 Å². The summed E-state index contributed by atoms with van der Waals surface area (Å²) < 4.78 is 0.965. The molecule has 22 heavy (non-hydrogen) atoms. The van der Waals surface area contributed by atoms with E-state index in [1.165, 1.54) is 0 Å². The molecule has 0 aliphatic rings. The van der Waals surface area contributed by atoms with Crippen LogP contribution in [0.25, 0.3) is 6.08 Å². The van der Waals surface area contributed by atoms with Gasteiger partial charge in [-0.25, -0.2) is 0 Å². The van der Waals surface area contributed by atoms with Gasteiger partial charge in [0.15, 0.2) is 0 Å². The summed E-state index contributed by atoms with van der Waals surface area (Å²) in [6, 6.07) is 12.6. The number of halogens is 1. The molecule has 0 atom stereocenters. The predicted octanol–water partition coefficient (Wildman–Crippen LogP) is 4.51. The highest BCUT2D eigenvalue weighted by molar-refractivity contribution is 9.10. The molecule has 0 unspecified atom stereocenters. The first-order valence-corrected chi connectivity index (χ1v) is 7.92. The third-order valence-electron chi connectivity index (χ3n) is 3.22. The molecule has 3 nitrogen and oxygen atoms in total. The van der Waals surface area contributed by atoms with E-state index in [9.17, 15) is 9.90 Å². The highest BCUT2D eigenvalue weighted by Crippen LogP contribution is 2.21. The number of phenols is 1. The van der Waals surface area contributed by atoms with Gasteiger partial charge in [-0.1, -0.05) is 53.2 Å². The van der Waals surface area contributed by atoms with Crippen LogP contribution in [0.3, 0.4) is 0 Å². The lowest BCUT2D eigenvalue weighted by molar-refractivity contribution is 0.0951. The van der Waals surface area contributed by atoms with Gasteiger partial charge in [-0.3, -0.25) is 4.79 Å². The lowest BCUT2D eigenvalue weighted by Gasteiger charge is -2.08. The zero-order chi connectivity index (χ0) is 15.9. The predicted molar refractivity (Wildman–Crippen MR) is 92.7 cm³/mol. The highest BCUT2D eigenvalue weighted by Gasteiger charge is 2.08. The van der Waals surface area contributed by atoms with Crippen LogP contribution in [0, 0.1) is 0 Å². The number of nitrogens with one attached hydrogen (secondary N) is 1. The third kappa shape index (κ3) is 4.21. The molecule has 0 aliphatic carbocycles. The van der Waals surface area contributed by atoms with Crippen molar-refractivity contribution < 1.29 is 9.90 Å². The minimum atomic E-state index is -0.165. The van der Waals surface area contributed by atoms with Gasteiger partial charge < -0.3 is 10.4 Å². The molecule has 0 spiro atoms. The number of benzene rings is 2. The number of aromatic hydroxyl groups is 1. The number of carbonyl (C=O) groups is 1. The summed E-state index contributed by atoms with van der Waals surface area (Å²) in [7, 11) is 0. The number of hydrogen-bond acceptors (Lipinski definition) is 2. The summed E-state index contributed by atoms with van der Waals surface area (Å²) in [6.07, 6.45) is 4.63. The van der Waals surface area contributed by atoms with Gasteiger partial charge in [-0.05, 0) is 36.2 Å². The average molecular weight is 360 g/mol. The zero-order valence-electron chi connectivity index (χ0n) is 12.3. The Morgan fingerprint density at radius 2 is 2.05 bits per heavy atom. The van der Waals surface area contributed by atoms with E-state index in [0.29, 0.717) is 17.7 Å². The van der Waals surface area contributed by atoms with Gasteiger partial charge >= 0.3 is 0 Å². The van der Waals surface area contributed by atoms with Gasteiger partial charge in [0.1, 0.15) is 5.75 Å². The Hall–Kier alpha value is -2.07. The third-order valence-corrected chi connectivity index (χ3v) is 3.99. The second-order valence-corrected chi connectivity index (χ2v) is 5.71. The quantitative estimate of drug-likeness (QED) is 0.824. The van der Waals surface area contributed by atoms with Gasteiger partial charge in [0.05, 0.1) is 0 Å². The van der Waals surface area contributed by atoms with Crippen LogP contribution in [0.2, 0.25) is 0 Å². The van der Waals surface area contributed by atoms with Crippen LogP contribution in [0.5, 0.6) is 5.75 Å². The standard InChI is InChI=1S/C18H18BrNO2/c1-2-3-6-13-11-14(9-10-17(13)21)18(22)20-12-15-7-4-5-8-16(15)19/h3-11,21H,2,12H2,1H3,(H,20,22). The van der Waals surface area contributed by atoms with Crippen LogP contribution in [-0.2, 0) is 6.54 Å². The van der Waals surface area contributed by atoms with Crippen LogP contribution in [0.15, 0.2) is 53.0 Å². The van der Waals surface area contributed by atoms with E-state index in [-0.39, 0.29) is 11.7 Å². The lowest BCUT2D eigenvalue weighted by Crippen LogP contribution is -2.23. The minimum absolute atomic E-state index is 0.165. The molecule has 0 saturated carbocycles. The Balaban J connectivity index is 2.10. The summed E-state index contributed by atoms with van der Waals surface area (Å²) in [5.74, 6) is 0.00829. The number of amides is 1. The molecule has 2 N–H and O–H groups in total. The van der Waals surface area contributed by atoms with Gasteiger partial charge in [0.25, 0.3) is 5.91 Å². The number of rotatable bonds is 5. The Morgan fingerprint density at radius 3 is 2.77 bits per heavy atom. The normalized spacial score (nSPS) is 10.8. The first kappa shape index (κ1) is 16.3. The number of carbonyl (C=O) groups excluding carboxylic acids is 1. The fourth-order valence-corrected chi connectivity index (χ4v) is 2.42. The van der Waals surface area contributed by atoms with E-state index >= 15 is 0 Å². The molecule has 2 aromatic carbocycles. The molecule has 0 aliphatic heterocycles. The SMILES string of the molecule is CCC=Cc1cc(C(=O)NCc2ccccc2Br)ccc1O. The molecular formula is C18H18BrNO2. The monoisotopic (exact) mass is 359 g/mol. The topological polar surface area (TPSA) is 49.3 Å². The van der Waals surface area contributed by atoms with Crippen molar-refractivity contribution in [3.8, 4) is 5.75 Å². The van der Waals surface area contributed by atoms with Gasteiger partial charge in [0, 0.05) is 22.1 Å². The molecule has 0 saturated heterocycles. The maximum Gasteiger partial charge on any atom is 0.251 e. The summed E-state index contributed by atoms with van der Waals surface area (Å²) in [6.45, 7) is 2.46. The van der Waals surface area contributed by atoms with Gasteiger partial charge in [-0.15, -0.1) is 0 Å². The molecule has 2 aromatic rings. The first-order chi connectivity index (χ1) is 10.6. The van der Waals surface area contributed by atoms with Crippen molar-refractivity contribution in [3.05, 3.63) is 69.7 Å². The van der Waals surface area contributed by atoms with Crippen LogP contribution in [0.1, 0.15) is 34.8 Å². The molecular weight excluding hydrogens is 342 g/mol. The van der Waals surface area contributed by atoms with E-state index in [4.69, 9.17) is 0 Å². The van der Waals surface area contributed by atoms with Crippen molar-refractivity contribution in [1.29, 1.82) is 0 Å². The van der Waals surface area contributed by atoms with Crippen LogP contribution < -0.4 is 5.32 Å². The summed E-state index contributed by atoms with van der Waals surface area (Å²) in [5, 5.41) is 12.7. The maximum atomic E-state index is 12.2. The highest BCUT2D eigenvalue weighted by atomic mass is 79.9. The van der Waals surface area contributed by atoms with Crippen LogP contribution >= 0.6 is 15.9 Å². The molecule has 4 heteroatoms. The average Bonchev–Trinajstić information content (AvgIpc) is 2.53. The fraction of sp³-hybridized carbons (Fsp3) is 0.167. The van der Waals surface area contributed by atoms with Crippen molar-refractivity contribution in [2.75, 3.05) is 0 Å². The number of hydrogen-bond donors (Lipinski definition) is 2. The molecule has 0 radical (unpaired) electrons. The smallest absolute Gasteiger partial charge is 0.251 e. The minimum Gasteiger partial charge on any atom is -0.507 e. The van der Waals surface area contributed by atoms with E-state index in [0.717, 1.165) is 16.5 Å². The first-order valence-electron chi connectivity index (χ1n) is 7.13. The van der Waals surface area contributed by atoms with Crippen molar-refractivity contribution >= 4 is 27.9 Å². The van der Waals surface area contributed by atoms with Gasteiger partial charge in [0.2, 0.25) is 0 Å². The van der Waals surface area contributed by atoms with E-state index in [1.807, 2.05) is 43.3 Å². The maximum absolute atomic E-state index is 12.2. The Bertz CT molecular complexity index is 695. The second kappa shape index (κ2) is 7.80. The Kier molecular flexibility index (Phi) is 5.78. The van der Waals surface area contributed by atoms with Crippen LogP contribution in [-0.4, -0.2) is 11.0 Å². The number of allylic oxidation sites excluding steroid dienone is 1. The second-order valence-electron chi connectivity index (χ2n) is 4.86. The van der Waals surface area contributed by atoms with Gasteiger partial charge in [-0.2, -0.15) is 0 Å². The zero-order valence-corrected chi connectivity index (χ0v) is 13.9. The largest absolute Gasteiger partial charge is 0.507 e. The van der Waals surface area contributed by atoms with Crippen molar-refractivity contribution in [3.63, 3.8) is 0 Å². The summed E-state index contributed by atoms with van der Waals surface area (Å²) in [4.78, 5) is 12.2. The van der Waals surface area contributed by atoms with E-state index < -0.39 is 0 Å².